The number of aromatic carboxylic acids is 1. The van der Waals surface area contributed by atoms with Gasteiger partial charge in [0.1, 0.15) is 11.3 Å². The highest BCUT2D eigenvalue weighted by molar-refractivity contribution is 7.80. The van der Waals surface area contributed by atoms with E-state index in [9.17, 15) is 14.7 Å². The summed E-state index contributed by atoms with van der Waals surface area (Å²) in [4.78, 5) is 27.3. The van der Waals surface area contributed by atoms with Crippen LogP contribution in [-0.2, 0) is 0 Å². The Labute approximate surface area is 169 Å². The van der Waals surface area contributed by atoms with Crippen LogP contribution in [0.3, 0.4) is 0 Å². The number of carboxylic acid groups (broad SMARTS) is 1. The first-order valence-electron chi connectivity index (χ1n) is 9.10. The Morgan fingerprint density at radius 2 is 1.79 bits per heavy atom. The fraction of sp³-hybridized carbons (Fsp3) is 0.389. The first kappa shape index (κ1) is 19.4. The molecule has 1 saturated carbocycles. The van der Waals surface area contributed by atoms with Gasteiger partial charge in [-0.05, 0) is 25.1 Å². The molecule has 0 amide bonds. The van der Waals surface area contributed by atoms with Crippen LogP contribution in [0.1, 0.15) is 29.2 Å². The van der Waals surface area contributed by atoms with Crippen molar-refractivity contribution in [2.24, 2.45) is 5.73 Å². The second-order valence-corrected chi connectivity index (χ2v) is 7.66. The Morgan fingerprint density at radius 3 is 2.31 bits per heavy atom. The molecule has 2 aromatic rings. The number of nitrogen functional groups attached to an aromatic ring is 1. The van der Waals surface area contributed by atoms with Gasteiger partial charge in [-0.15, -0.1) is 0 Å². The van der Waals surface area contributed by atoms with E-state index in [0.29, 0.717) is 25.9 Å². The van der Waals surface area contributed by atoms with Crippen LogP contribution in [0.2, 0.25) is 0 Å². The van der Waals surface area contributed by atoms with Crippen molar-refractivity contribution in [3.05, 3.63) is 33.6 Å². The number of nitrogens with zero attached hydrogens (tertiary/aromatic N) is 3. The van der Waals surface area contributed by atoms with Crippen LogP contribution < -0.4 is 21.8 Å². The quantitative estimate of drug-likeness (QED) is 0.499. The lowest BCUT2D eigenvalue weighted by Gasteiger charge is -2.37. The smallest absolute Gasteiger partial charge is 0.341 e. The second kappa shape index (κ2) is 6.83. The zero-order valence-electron chi connectivity index (χ0n) is 15.3. The van der Waals surface area contributed by atoms with Gasteiger partial charge in [0.15, 0.2) is 16.7 Å². The monoisotopic (exact) mass is 423 g/mol. The van der Waals surface area contributed by atoms with Gasteiger partial charge >= 0.3 is 5.97 Å². The molecule has 1 saturated heterocycles. The minimum Gasteiger partial charge on any atom is -0.477 e. The van der Waals surface area contributed by atoms with Crippen LogP contribution in [0.15, 0.2) is 11.0 Å². The molecule has 2 fully saturated rings. The van der Waals surface area contributed by atoms with E-state index in [1.54, 1.807) is 4.90 Å². The average Bonchev–Trinajstić information content (AvgIpc) is 3.51. The number of fused-ring (bicyclic) bond motifs is 1. The normalized spacial score (nSPS) is 17.0. The summed E-state index contributed by atoms with van der Waals surface area (Å²) in [6.07, 6.45) is 2.53. The summed E-state index contributed by atoms with van der Waals surface area (Å²) < 4.78 is 32.1. The summed E-state index contributed by atoms with van der Waals surface area (Å²) in [5.41, 5.74) is 8.93. The number of thiocarbonyl (C=S) groups is 1. The molecule has 154 valence electrons. The van der Waals surface area contributed by atoms with Crippen LogP contribution in [0.5, 0.6) is 0 Å². The Kier molecular flexibility index (Phi) is 4.56. The highest BCUT2D eigenvalue weighted by Gasteiger charge is 2.33. The molecule has 2 heterocycles. The molecule has 1 aromatic heterocycles. The molecule has 0 spiro atoms. The van der Waals surface area contributed by atoms with E-state index in [1.165, 1.54) is 9.47 Å². The van der Waals surface area contributed by atoms with E-state index in [2.05, 4.69) is 0 Å². The maximum absolute atomic E-state index is 15.6. The topological polar surface area (TPSA) is 118 Å². The van der Waals surface area contributed by atoms with Gasteiger partial charge in [0.05, 0.1) is 16.6 Å². The zero-order chi connectivity index (χ0) is 21.0. The summed E-state index contributed by atoms with van der Waals surface area (Å²) in [5.74, 6) is -3.46. The zero-order valence-corrected chi connectivity index (χ0v) is 16.1. The molecular formula is C18H19F2N5O3S. The Bertz CT molecular complexity index is 1110. The van der Waals surface area contributed by atoms with Gasteiger partial charge in [-0.3, -0.25) is 4.79 Å². The van der Waals surface area contributed by atoms with Gasteiger partial charge in [0, 0.05) is 38.4 Å². The van der Waals surface area contributed by atoms with Crippen molar-refractivity contribution < 1.29 is 18.7 Å². The number of pyridine rings is 1. The molecule has 29 heavy (non-hydrogen) atoms. The van der Waals surface area contributed by atoms with Crippen LogP contribution in [-0.4, -0.2) is 51.8 Å². The lowest BCUT2D eigenvalue weighted by molar-refractivity contribution is 0.0695. The van der Waals surface area contributed by atoms with E-state index < -0.39 is 39.7 Å². The molecule has 0 unspecified atom stereocenters. The molecular weight excluding hydrogens is 404 g/mol. The number of benzene rings is 1. The molecule has 0 radical (unpaired) electrons. The molecule has 1 aliphatic carbocycles. The molecule has 0 atom stereocenters. The number of piperazine rings is 1. The van der Waals surface area contributed by atoms with E-state index in [1.807, 2.05) is 0 Å². The number of halogens is 2. The van der Waals surface area contributed by atoms with Gasteiger partial charge in [-0.1, -0.05) is 0 Å². The summed E-state index contributed by atoms with van der Waals surface area (Å²) in [7, 11) is 0. The number of rotatable bonds is 3. The molecule has 5 N–H and O–H groups in total. The van der Waals surface area contributed by atoms with Crippen molar-refractivity contribution >= 4 is 45.6 Å². The predicted molar refractivity (Wildman–Crippen MR) is 108 cm³/mol. The van der Waals surface area contributed by atoms with Crippen molar-refractivity contribution in [3.8, 4) is 0 Å². The standard InChI is InChI=1S/C18H19F2N5O3S/c19-11-13(21)10-14(25(8-1-2-8)7-9(16(10)26)17(27)28)12(20)15(11)23-3-5-24(6-4-23)18(22)29/h7-8H,1-6,21H2,(H2,22,29)(H,27,28). The minimum atomic E-state index is -1.47. The SMILES string of the molecule is NC(=S)N1CCN(c2c(F)c(N)c3c(=O)c(C(=O)O)cn(C4CC4)c3c2F)CC1. The van der Waals surface area contributed by atoms with E-state index in [0.717, 1.165) is 6.20 Å². The lowest BCUT2D eigenvalue weighted by Crippen LogP contribution is -2.51. The van der Waals surface area contributed by atoms with Crippen molar-refractivity contribution in [1.29, 1.82) is 0 Å². The third-order valence-electron chi connectivity index (χ3n) is 5.44. The summed E-state index contributed by atoms with van der Waals surface area (Å²) in [6, 6.07) is -0.158. The summed E-state index contributed by atoms with van der Waals surface area (Å²) >= 11 is 4.94. The van der Waals surface area contributed by atoms with Crippen molar-refractivity contribution in [3.63, 3.8) is 0 Å². The van der Waals surface area contributed by atoms with Crippen LogP contribution in [0.4, 0.5) is 20.2 Å². The summed E-state index contributed by atoms with van der Waals surface area (Å²) in [6.45, 7) is 1.30. The van der Waals surface area contributed by atoms with Crippen LogP contribution >= 0.6 is 12.2 Å². The van der Waals surface area contributed by atoms with E-state index in [-0.39, 0.29) is 35.4 Å². The van der Waals surface area contributed by atoms with Crippen LogP contribution in [0, 0.1) is 11.6 Å². The lowest BCUT2D eigenvalue weighted by atomic mass is 10.1. The van der Waals surface area contributed by atoms with Gasteiger partial charge < -0.3 is 30.9 Å². The molecule has 1 aliphatic heterocycles. The van der Waals surface area contributed by atoms with Gasteiger partial charge in [-0.2, -0.15) is 0 Å². The number of hydrogen-bond donors (Lipinski definition) is 3. The molecule has 2 aliphatic rings. The fourth-order valence-corrected chi connectivity index (χ4v) is 3.96. The average molecular weight is 423 g/mol. The number of hydrogen-bond acceptors (Lipinski definition) is 5. The number of anilines is 2. The highest BCUT2D eigenvalue weighted by atomic mass is 32.1. The third kappa shape index (κ3) is 3.05. The minimum absolute atomic E-state index is 0.158. The Balaban J connectivity index is 1.94. The second-order valence-electron chi connectivity index (χ2n) is 7.24. The van der Waals surface area contributed by atoms with Crippen molar-refractivity contribution in [2.75, 3.05) is 36.8 Å². The number of nitrogens with two attached hydrogens (primary N) is 2. The highest BCUT2D eigenvalue weighted by Crippen LogP contribution is 2.41. The van der Waals surface area contributed by atoms with Crippen molar-refractivity contribution in [1.82, 2.24) is 9.47 Å². The van der Waals surface area contributed by atoms with Crippen LogP contribution in [0.25, 0.3) is 10.9 Å². The first-order chi connectivity index (χ1) is 13.7. The van der Waals surface area contributed by atoms with Gasteiger partial charge in [0.2, 0.25) is 5.43 Å². The number of carbonyl (C=O) groups is 1. The molecule has 8 nitrogen and oxygen atoms in total. The molecule has 1 aromatic carbocycles. The first-order valence-corrected chi connectivity index (χ1v) is 9.51. The predicted octanol–water partition coefficient (Wildman–Crippen LogP) is 1.26. The number of aromatic nitrogens is 1. The number of carboxylic acids is 1. The Morgan fingerprint density at radius 1 is 1.17 bits per heavy atom. The summed E-state index contributed by atoms with van der Waals surface area (Å²) in [5, 5.41) is 9.12. The fourth-order valence-electron chi connectivity index (χ4n) is 3.77. The maximum atomic E-state index is 15.6. The van der Waals surface area contributed by atoms with E-state index in [4.69, 9.17) is 23.7 Å². The largest absolute Gasteiger partial charge is 0.477 e. The molecule has 0 bridgehead atoms. The van der Waals surface area contributed by atoms with Gasteiger partial charge in [-0.25, -0.2) is 13.6 Å². The van der Waals surface area contributed by atoms with Crippen molar-refractivity contribution in [2.45, 2.75) is 18.9 Å². The van der Waals surface area contributed by atoms with Gasteiger partial charge in [0.25, 0.3) is 0 Å². The third-order valence-corrected chi connectivity index (χ3v) is 5.70. The Hall–Kier alpha value is -2.95. The molecule has 11 heteroatoms. The van der Waals surface area contributed by atoms with E-state index >= 15 is 8.78 Å². The maximum Gasteiger partial charge on any atom is 0.341 e. The molecule has 4 rings (SSSR count).